The molecule has 0 N–H and O–H groups in total. The predicted octanol–water partition coefficient (Wildman–Crippen LogP) is 4.73. The lowest BCUT2D eigenvalue weighted by atomic mass is 9.87. The lowest BCUT2D eigenvalue weighted by Gasteiger charge is -2.21. The van der Waals surface area contributed by atoms with Crippen molar-refractivity contribution < 1.29 is 4.79 Å². The number of halogens is 1. The van der Waals surface area contributed by atoms with Crippen LogP contribution in [0, 0.1) is 6.92 Å². The first-order valence-electron chi connectivity index (χ1n) is 8.69. The average molecular weight is 395 g/mol. The number of thiophene rings is 1. The standard InChI is InChI=1S/C20H15ClN4OS/c1-11-18(12-4-2-5-14(21)8-12)20-23-22-19-15(25(20)24-11)9-13(10-16(19)26)17-6-3-7-27-17/h2-8,13H,9-10H2,1H3. The van der Waals surface area contributed by atoms with E-state index < -0.39 is 0 Å². The number of carbonyl (C=O) groups is 1. The van der Waals surface area contributed by atoms with Crippen molar-refractivity contribution in [2.75, 3.05) is 0 Å². The molecular weight excluding hydrogens is 380 g/mol. The monoisotopic (exact) mass is 394 g/mol. The number of ketones is 1. The summed E-state index contributed by atoms with van der Waals surface area (Å²) in [5.74, 6) is 0.193. The summed E-state index contributed by atoms with van der Waals surface area (Å²) in [4.78, 5) is 13.9. The average Bonchev–Trinajstić information content (AvgIpc) is 3.28. The molecule has 3 aromatic heterocycles. The zero-order chi connectivity index (χ0) is 18.5. The van der Waals surface area contributed by atoms with Gasteiger partial charge in [-0.25, -0.2) is 4.52 Å². The van der Waals surface area contributed by atoms with Gasteiger partial charge in [0.2, 0.25) is 0 Å². The maximum atomic E-state index is 12.7. The van der Waals surface area contributed by atoms with E-state index >= 15 is 0 Å². The van der Waals surface area contributed by atoms with Crippen LogP contribution in [0.4, 0.5) is 0 Å². The molecule has 0 spiro atoms. The van der Waals surface area contributed by atoms with Crippen LogP contribution in [0.25, 0.3) is 16.8 Å². The van der Waals surface area contributed by atoms with Crippen molar-refractivity contribution in [2.24, 2.45) is 0 Å². The highest BCUT2D eigenvalue weighted by Gasteiger charge is 2.31. The van der Waals surface area contributed by atoms with Crippen molar-refractivity contribution >= 4 is 34.4 Å². The molecule has 1 unspecified atom stereocenters. The quantitative estimate of drug-likeness (QED) is 0.493. The molecule has 134 valence electrons. The van der Waals surface area contributed by atoms with Crippen LogP contribution in [0.3, 0.4) is 0 Å². The molecule has 0 aliphatic heterocycles. The fraction of sp³-hybridized carbons (Fsp3) is 0.200. The number of rotatable bonds is 2. The summed E-state index contributed by atoms with van der Waals surface area (Å²) >= 11 is 7.85. The molecule has 0 bridgehead atoms. The summed E-state index contributed by atoms with van der Waals surface area (Å²) in [6.07, 6.45) is 1.19. The Morgan fingerprint density at radius 2 is 2.07 bits per heavy atom. The largest absolute Gasteiger partial charge is 0.292 e. The van der Waals surface area contributed by atoms with Crippen LogP contribution in [-0.4, -0.2) is 25.6 Å². The van der Waals surface area contributed by atoms with Crippen molar-refractivity contribution in [3.8, 4) is 11.1 Å². The highest BCUT2D eigenvalue weighted by molar-refractivity contribution is 7.10. The van der Waals surface area contributed by atoms with Crippen LogP contribution >= 0.6 is 22.9 Å². The molecule has 0 amide bonds. The normalized spacial score (nSPS) is 16.7. The highest BCUT2D eigenvalue weighted by Crippen LogP contribution is 2.36. The van der Waals surface area contributed by atoms with Crippen molar-refractivity contribution in [1.82, 2.24) is 19.8 Å². The van der Waals surface area contributed by atoms with E-state index in [0.29, 0.717) is 22.8 Å². The van der Waals surface area contributed by atoms with Crippen LogP contribution in [0.1, 0.15) is 39.1 Å². The molecule has 1 aliphatic rings. The van der Waals surface area contributed by atoms with Crippen molar-refractivity contribution in [3.05, 3.63) is 68.8 Å². The van der Waals surface area contributed by atoms with Crippen LogP contribution in [0.2, 0.25) is 5.02 Å². The molecule has 0 radical (unpaired) electrons. The minimum absolute atomic E-state index is 0.0292. The van der Waals surface area contributed by atoms with Gasteiger partial charge >= 0.3 is 0 Å². The van der Waals surface area contributed by atoms with Gasteiger partial charge in [-0.1, -0.05) is 29.8 Å². The van der Waals surface area contributed by atoms with Gasteiger partial charge in [-0.3, -0.25) is 4.79 Å². The lowest BCUT2D eigenvalue weighted by molar-refractivity contribution is 0.0956. The SMILES string of the molecule is Cc1nn2c3c(nnc2c1-c1cccc(Cl)c1)C(=O)CC(c1cccs1)C3. The van der Waals surface area contributed by atoms with Gasteiger partial charge in [0.1, 0.15) is 0 Å². The Balaban J connectivity index is 1.70. The topological polar surface area (TPSA) is 60.1 Å². The third kappa shape index (κ3) is 2.67. The van der Waals surface area contributed by atoms with E-state index in [9.17, 15) is 4.79 Å². The number of Topliss-reactive ketones (excluding diaryl/α,β-unsaturated/α-hetero) is 1. The van der Waals surface area contributed by atoms with Gasteiger partial charge < -0.3 is 0 Å². The van der Waals surface area contributed by atoms with E-state index in [1.54, 1.807) is 15.9 Å². The smallest absolute Gasteiger partial charge is 0.185 e. The van der Waals surface area contributed by atoms with Crippen molar-refractivity contribution in [3.63, 3.8) is 0 Å². The van der Waals surface area contributed by atoms with E-state index in [2.05, 4.69) is 16.3 Å². The van der Waals surface area contributed by atoms with Crippen molar-refractivity contribution in [2.45, 2.75) is 25.7 Å². The zero-order valence-electron chi connectivity index (χ0n) is 14.5. The Morgan fingerprint density at radius 1 is 1.19 bits per heavy atom. The van der Waals surface area contributed by atoms with Gasteiger partial charge in [0, 0.05) is 28.7 Å². The molecule has 5 rings (SSSR count). The van der Waals surface area contributed by atoms with Gasteiger partial charge in [0.05, 0.1) is 17.0 Å². The lowest BCUT2D eigenvalue weighted by Crippen LogP contribution is -2.23. The predicted molar refractivity (Wildman–Crippen MR) is 106 cm³/mol. The van der Waals surface area contributed by atoms with E-state index in [1.807, 2.05) is 42.6 Å². The zero-order valence-corrected chi connectivity index (χ0v) is 16.1. The Morgan fingerprint density at radius 3 is 2.85 bits per heavy atom. The molecule has 0 fully saturated rings. The summed E-state index contributed by atoms with van der Waals surface area (Å²) in [6.45, 7) is 1.94. The van der Waals surface area contributed by atoms with E-state index in [-0.39, 0.29) is 11.7 Å². The second-order valence-electron chi connectivity index (χ2n) is 6.75. The van der Waals surface area contributed by atoms with Gasteiger partial charge in [-0.15, -0.1) is 21.5 Å². The number of hydrogen-bond acceptors (Lipinski definition) is 5. The third-order valence-electron chi connectivity index (χ3n) is 5.00. The Hall–Kier alpha value is -2.57. The maximum absolute atomic E-state index is 12.7. The first kappa shape index (κ1) is 16.6. The summed E-state index contributed by atoms with van der Waals surface area (Å²) in [7, 11) is 0. The number of aromatic nitrogens is 4. The van der Waals surface area contributed by atoms with Crippen LogP contribution in [-0.2, 0) is 6.42 Å². The van der Waals surface area contributed by atoms with E-state index in [1.165, 1.54) is 4.88 Å². The Bertz CT molecular complexity index is 1180. The van der Waals surface area contributed by atoms with Crippen molar-refractivity contribution in [1.29, 1.82) is 0 Å². The molecule has 3 heterocycles. The Labute approximate surface area is 164 Å². The fourth-order valence-corrected chi connectivity index (χ4v) is 4.80. The molecule has 7 heteroatoms. The molecule has 0 saturated carbocycles. The molecule has 5 nitrogen and oxygen atoms in total. The molecule has 27 heavy (non-hydrogen) atoms. The fourth-order valence-electron chi connectivity index (χ4n) is 3.78. The summed E-state index contributed by atoms with van der Waals surface area (Å²) < 4.78 is 1.80. The Kier molecular flexibility index (Phi) is 3.84. The third-order valence-corrected chi connectivity index (χ3v) is 6.27. The number of benzene rings is 1. The van der Waals surface area contributed by atoms with Crippen LogP contribution in [0.15, 0.2) is 41.8 Å². The van der Waals surface area contributed by atoms with Gasteiger partial charge in [0.25, 0.3) is 0 Å². The number of fused-ring (bicyclic) bond motifs is 3. The first-order valence-corrected chi connectivity index (χ1v) is 9.95. The number of carbonyl (C=O) groups excluding carboxylic acids is 1. The van der Waals surface area contributed by atoms with E-state index in [0.717, 1.165) is 28.9 Å². The summed E-state index contributed by atoms with van der Waals surface area (Å²) in [6, 6.07) is 11.7. The molecule has 0 saturated heterocycles. The molecule has 4 aromatic rings. The number of aryl methyl sites for hydroxylation is 1. The molecule has 1 aromatic carbocycles. The summed E-state index contributed by atoms with van der Waals surface area (Å²) in [5, 5.41) is 16.0. The first-order chi connectivity index (χ1) is 13.1. The van der Waals surface area contributed by atoms with Gasteiger partial charge in [0.15, 0.2) is 17.1 Å². The number of hydrogen-bond donors (Lipinski definition) is 0. The molecule has 1 atom stereocenters. The minimum Gasteiger partial charge on any atom is -0.292 e. The van der Waals surface area contributed by atoms with E-state index in [4.69, 9.17) is 16.7 Å². The molecular formula is C20H15ClN4OS. The second kappa shape index (κ2) is 6.25. The molecule has 1 aliphatic carbocycles. The minimum atomic E-state index is 0.0292. The highest BCUT2D eigenvalue weighted by atomic mass is 35.5. The van der Waals surface area contributed by atoms with Gasteiger partial charge in [-0.05, 0) is 36.1 Å². The van der Waals surface area contributed by atoms with Gasteiger partial charge in [-0.2, -0.15) is 5.10 Å². The summed E-state index contributed by atoms with van der Waals surface area (Å²) in [5.41, 5.74) is 4.62. The maximum Gasteiger partial charge on any atom is 0.185 e. The second-order valence-corrected chi connectivity index (χ2v) is 8.16. The van der Waals surface area contributed by atoms with Crippen LogP contribution < -0.4 is 0 Å². The number of nitrogens with zero attached hydrogens (tertiary/aromatic N) is 4. The van der Waals surface area contributed by atoms with Crippen LogP contribution in [0.5, 0.6) is 0 Å².